The summed E-state index contributed by atoms with van der Waals surface area (Å²) in [6.07, 6.45) is 0.0113. The van der Waals surface area contributed by atoms with Gasteiger partial charge in [-0.25, -0.2) is 4.79 Å². The molecule has 2 aromatic carbocycles. The molecule has 0 aliphatic carbocycles. The van der Waals surface area contributed by atoms with Crippen LogP contribution in [0.1, 0.15) is 12.5 Å². The molecule has 2 aromatic rings. The van der Waals surface area contributed by atoms with Gasteiger partial charge < -0.3 is 14.8 Å². The van der Waals surface area contributed by atoms with Gasteiger partial charge in [0, 0.05) is 13.3 Å². The van der Waals surface area contributed by atoms with Gasteiger partial charge in [0.15, 0.2) is 16.1 Å². The van der Waals surface area contributed by atoms with E-state index in [2.05, 4.69) is 10.1 Å². The summed E-state index contributed by atoms with van der Waals surface area (Å²) in [6, 6.07) is 9.81. The van der Waals surface area contributed by atoms with Gasteiger partial charge in [-0.2, -0.15) is 0 Å². The molecule has 0 saturated carbocycles. The Morgan fingerprint density at radius 2 is 1.61 bits per heavy atom. The average molecular weight is 486 g/mol. The molecule has 10 heteroatoms. The second kappa shape index (κ2) is 9.90. The third-order valence-corrected chi connectivity index (χ3v) is 4.36. The minimum absolute atomic E-state index is 0.0113. The van der Waals surface area contributed by atoms with Crippen molar-refractivity contribution < 1.29 is 19.1 Å². The first kappa shape index (κ1) is 22.9. The van der Waals surface area contributed by atoms with Crippen LogP contribution in [-0.4, -0.2) is 22.3 Å². The lowest BCUT2D eigenvalue weighted by atomic mass is 10.1. The smallest absolute Gasteiger partial charge is 0.349 e. The van der Waals surface area contributed by atoms with Gasteiger partial charge in [0.25, 0.3) is 0 Å². The Kier molecular flexibility index (Phi) is 8.10. The maximum Gasteiger partial charge on any atom is 0.349 e. The fraction of sp³-hybridized carbons (Fsp3) is 0.222. The second-order valence-electron chi connectivity index (χ2n) is 5.56. The van der Waals surface area contributed by atoms with E-state index < -0.39 is 22.3 Å². The molecule has 0 aliphatic rings. The number of carbonyl (C=O) groups is 2. The second-order valence-corrected chi connectivity index (χ2v) is 8.89. The fourth-order valence-corrected chi connectivity index (χ4v) is 3.15. The summed E-state index contributed by atoms with van der Waals surface area (Å²) >= 11 is 30.2. The van der Waals surface area contributed by atoms with Crippen LogP contribution < -0.4 is 10.1 Å². The number of carbonyl (C=O) groups excluding carboxylic acids is 2. The van der Waals surface area contributed by atoms with E-state index in [4.69, 9.17) is 62.7 Å². The van der Waals surface area contributed by atoms with E-state index in [1.54, 1.807) is 30.3 Å². The van der Waals surface area contributed by atoms with Gasteiger partial charge in [-0.05, 0) is 23.8 Å². The molecule has 0 aromatic heterocycles. The maximum absolute atomic E-state index is 12.0. The van der Waals surface area contributed by atoms with Crippen LogP contribution in [-0.2, 0) is 20.7 Å². The number of benzene rings is 2. The third kappa shape index (κ3) is 6.90. The van der Waals surface area contributed by atoms with Crippen molar-refractivity contribution in [1.29, 1.82) is 0 Å². The van der Waals surface area contributed by atoms with E-state index in [0.717, 1.165) is 0 Å². The summed E-state index contributed by atoms with van der Waals surface area (Å²) in [5.74, 6) is -1.27. The van der Waals surface area contributed by atoms with Crippen molar-refractivity contribution in [2.24, 2.45) is 0 Å². The van der Waals surface area contributed by atoms with Crippen molar-refractivity contribution >= 4 is 81.3 Å². The van der Waals surface area contributed by atoms with Crippen LogP contribution in [0.3, 0.4) is 0 Å². The van der Waals surface area contributed by atoms with Crippen molar-refractivity contribution in [3.63, 3.8) is 0 Å². The van der Waals surface area contributed by atoms with Gasteiger partial charge >= 0.3 is 11.9 Å². The highest BCUT2D eigenvalue weighted by molar-refractivity contribution is 6.67. The molecule has 0 radical (unpaired) electrons. The van der Waals surface area contributed by atoms with Gasteiger partial charge in [-0.3, -0.25) is 4.79 Å². The van der Waals surface area contributed by atoms with Gasteiger partial charge in [0.2, 0.25) is 0 Å². The molecule has 0 heterocycles. The maximum atomic E-state index is 12.0. The minimum atomic E-state index is -1.60. The Labute approximate surface area is 186 Å². The number of nitrogens with one attached hydrogen (secondary N) is 1. The molecule has 0 aliphatic heterocycles. The average Bonchev–Trinajstić information content (AvgIpc) is 2.57. The Hall–Kier alpha value is -1.37. The molecular weight excluding hydrogens is 471 g/mol. The van der Waals surface area contributed by atoms with Crippen LogP contribution >= 0.6 is 58.0 Å². The topological polar surface area (TPSA) is 64.6 Å². The Bertz CT molecular complexity index is 863. The molecule has 2 rings (SSSR count). The number of hydrogen-bond acceptors (Lipinski definition) is 5. The van der Waals surface area contributed by atoms with E-state index in [-0.39, 0.29) is 12.2 Å². The molecule has 0 unspecified atom stereocenters. The molecule has 0 amide bonds. The standard InChI is InChI=1S/C18H14Cl5NO4/c1-10(25)27-9-15(26)28-14-7-2-4-11(8-18(21,22)23)16(14)24-17-12(19)5-3-6-13(17)20/h2-7,24H,8-9H2,1H3. The summed E-state index contributed by atoms with van der Waals surface area (Å²) in [5.41, 5.74) is 1.26. The van der Waals surface area contributed by atoms with E-state index in [9.17, 15) is 9.59 Å². The monoisotopic (exact) mass is 483 g/mol. The lowest BCUT2D eigenvalue weighted by molar-refractivity contribution is -0.151. The number of esters is 2. The molecule has 0 saturated heterocycles. The minimum Gasteiger partial charge on any atom is -0.454 e. The molecule has 150 valence electrons. The fourth-order valence-electron chi connectivity index (χ4n) is 2.22. The molecule has 0 bridgehead atoms. The van der Waals surface area contributed by atoms with Gasteiger partial charge in [-0.1, -0.05) is 76.2 Å². The van der Waals surface area contributed by atoms with Crippen molar-refractivity contribution in [2.45, 2.75) is 17.1 Å². The Balaban J connectivity index is 2.43. The van der Waals surface area contributed by atoms with Gasteiger partial charge in [0.05, 0.1) is 21.4 Å². The van der Waals surface area contributed by atoms with Crippen molar-refractivity contribution in [2.75, 3.05) is 11.9 Å². The molecule has 0 spiro atoms. The Morgan fingerprint density at radius 1 is 1.00 bits per heavy atom. The van der Waals surface area contributed by atoms with Crippen LogP contribution in [0.25, 0.3) is 0 Å². The SMILES string of the molecule is CC(=O)OCC(=O)Oc1cccc(CC(Cl)(Cl)Cl)c1Nc1c(Cl)cccc1Cl. The number of alkyl halides is 3. The number of halogens is 5. The molecule has 28 heavy (non-hydrogen) atoms. The van der Waals surface area contributed by atoms with Crippen molar-refractivity contribution in [3.05, 3.63) is 52.0 Å². The number of anilines is 2. The number of rotatable bonds is 6. The van der Waals surface area contributed by atoms with Crippen LogP contribution in [0.2, 0.25) is 10.0 Å². The van der Waals surface area contributed by atoms with E-state index in [1.165, 1.54) is 13.0 Å². The zero-order valence-corrected chi connectivity index (χ0v) is 18.2. The molecule has 5 nitrogen and oxygen atoms in total. The first-order chi connectivity index (χ1) is 13.1. The van der Waals surface area contributed by atoms with E-state index in [0.29, 0.717) is 27.0 Å². The normalized spacial score (nSPS) is 11.1. The first-order valence-corrected chi connectivity index (χ1v) is 9.69. The zero-order chi connectivity index (χ0) is 20.9. The lowest BCUT2D eigenvalue weighted by Gasteiger charge is -2.20. The van der Waals surface area contributed by atoms with Crippen LogP contribution in [0.5, 0.6) is 5.75 Å². The quantitative estimate of drug-likeness (QED) is 0.303. The van der Waals surface area contributed by atoms with Crippen LogP contribution in [0, 0.1) is 0 Å². The van der Waals surface area contributed by atoms with Crippen LogP contribution in [0.4, 0.5) is 11.4 Å². The largest absolute Gasteiger partial charge is 0.454 e. The third-order valence-electron chi connectivity index (χ3n) is 3.33. The molecule has 0 fully saturated rings. The summed E-state index contributed by atoms with van der Waals surface area (Å²) in [4.78, 5) is 22.9. The summed E-state index contributed by atoms with van der Waals surface area (Å²) < 4.78 is 8.36. The predicted molar refractivity (Wildman–Crippen MR) is 112 cm³/mol. The molecule has 0 atom stereocenters. The predicted octanol–water partition coefficient (Wildman–Crippen LogP) is 6.12. The Morgan fingerprint density at radius 3 is 2.18 bits per heavy atom. The van der Waals surface area contributed by atoms with Crippen molar-refractivity contribution in [3.8, 4) is 5.75 Å². The van der Waals surface area contributed by atoms with Crippen molar-refractivity contribution in [1.82, 2.24) is 0 Å². The summed E-state index contributed by atoms with van der Waals surface area (Å²) in [6.45, 7) is 0.637. The molecule has 1 N–H and O–H groups in total. The molecular formula is C18H14Cl5NO4. The highest BCUT2D eigenvalue weighted by Crippen LogP contribution is 2.41. The zero-order valence-electron chi connectivity index (χ0n) is 14.4. The lowest BCUT2D eigenvalue weighted by Crippen LogP contribution is -2.18. The van der Waals surface area contributed by atoms with E-state index >= 15 is 0 Å². The summed E-state index contributed by atoms with van der Waals surface area (Å²) in [5, 5.41) is 3.73. The van der Waals surface area contributed by atoms with Gasteiger partial charge in [0.1, 0.15) is 0 Å². The highest BCUT2D eigenvalue weighted by atomic mass is 35.6. The highest BCUT2D eigenvalue weighted by Gasteiger charge is 2.25. The van der Waals surface area contributed by atoms with Crippen LogP contribution in [0.15, 0.2) is 36.4 Å². The van der Waals surface area contributed by atoms with Gasteiger partial charge in [-0.15, -0.1) is 0 Å². The number of para-hydroxylation sites is 2. The first-order valence-electron chi connectivity index (χ1n) is 7.80. The number of ether oxygens (including phenoxy) is 2. The number of hydrogen-bond donors (Lipinski definition) is 1. The van der Waals surface area contributed by atoms with E-state index in [1.807, 2.05) is 0 Å². The summed E-state index contributed by atoms with van der Waals surface area (Å²) in [7, 11) is 0.